The van der Waals surface area contributed by atoms with E-state index in [0.717, 1.165) is 5.56 Å². The van der Waals surface area contributed by atoms with Crippen molar-refractivity contribution in [3.63, 3.8) is 0 Å². The summed E-state index contributed by atoms with van der Waals surface area (Å²) in [6.45, 7) is 8.17. The number of benzene rings is 1. The second kappa shape index (κ2) is 8.54. The van der Waals surface area contributed by atoms with Gasteiger partial charge >= 0.3 is 0 Å². The molecule has 0 fully saturated rings. The van der Waals surface area contributed by atoms with Crippen LogP contribution < -0.4 is 5.32 Å². The fourth-order valence-electron chi connectivity index (χ4n) is 1.80. The standard InChI is InChI=1S/C15H24ClNO2/c1-4-19-10-14(11(2)3)17-9-15(18)12-5-7-13(16)8-6-12/h5-8,11,14-15,17-18H,4,9-10H2,1-3H3. The maximum Gasteiger partial charge on any atom is 0.0914 e. The SMILES string of the molecule is CCOCC(NCC(O)c1ccc(Cl)cc1)C(C)C. The molecule has 0 saturated heterocycles. The molecule has 2 atom stereocenters. The van der Waals surface area contributed by atoms with Crippen LogP contribution in [0, 0.1) is 5.92 Å². The Morgan fingerprint density at radius 1 is 1.26 bits per heavy atom. The first-order valence-electron chi connectivity index (χ1n) is 6.79. The van der Waals surface area contributed by atoms with E-state index in [-0.39, 0.29) is 6.04 Å². The highest BCUT2D eigenvalue weighted by Gasteiger charge is 2.15. The normalized spacial score (nSPS) is 14.6. The minimum atomic E-state index is -0.528. The van der Waals surface area contributed by atoms with E-state index in [1.807, 2.05) is 19.1 Å². The number of hydrogen-bond donors (Lipinski definition) is 2. The van der Waals surface area contributed by atoms with Gasteiger partial charge in [0.15, 0.2) is 0 Å². The lowest BCUT2D eigenvalue weighted by Crippen LogP contribution is -2.40. The van der Waals surface area contributed by atoms with Gasteiger partial charge in [0.1, 0.15) is 0 Å². The van der Waals surface area contributed by atoms with Gasteiger partial charge in [0, 0.05) is 24.2 Å². The topological polar surface area (TPSA) is 41.5 Å². The van der Waals surface area contributed by atoms with Crippen molar-refractivity contribution >= 4 is 11.6 Å². The van der Waals surface area contributed by atoms with E-state index in [1.54, 1.807) is 12.1 Å². The van der Waals surface area contributed by atoms with Crippen LogP contribution in [0.2, 0.25) is 5.02 Å². The highest BCUT2D eigenvalue weighted by molar-refractivity contribution is 6.30. The lowest BCUT2D eigenvalue weighted by atomic mass is 10.0. The average molecular weight is 286 g/mol. The highest BCUT2D eigenvalue weighted by atomic mass is 35.5. The van der Waals surface area contributed by atoms with Crippen molar-refractivity contribution in [3.05, 3.63) is 34.9 Å². The third-order valence-corrected chi connectivity index (χ3v) is 3.39. The van der Waals surface area contributed by atoms with Gasteiger partial charge in [-0.3, -0.25) is 0 Å². The minimum absolute atomic E-state index is 0.252. The molecule has 0 amide bonds. The van der Waals surface area contributed by atoms with Crippen molar-refractivity contribution in [2.45, 2.75) is 32.9 Å². The molecule has 4 heteroatoms. The second-order valence-corrected chi connectivity index (χ2v) is 5.42. The number of aliphatic hydroxyl groups is 1. The summed E-state index contributed by atoms with van der Waals surface area (Å²) in [5.41, 5.74) is 0.871. The molecule has 2 unspecified atom stereocenters. The van der Waals surface area contributed by atoms with E-state index < -0.39 is 6.10 Å². The summed E-state index contributed by atoms with van der Waals surface area (Å²) in [7, 11) is 0. The molecule has 0 heterocycles. The zero-order valence-corrected chi connectivity index (χ0v) is 12.7. The van der Waals surface area contributed by atoms with Gasteiger partial charge in [-0.15, -0.1) is 0 Å². The quantitative estimate of drug-likeness (QED) is 0.771. The van der Waals surface area contributed by atoms with E-state index in [2.05, 4.69) is 19.2 Å². The molecule has 0 aromatic heterocycles. The molecule has 0 spiro atoms. The molecule has 0 saturated carbocycles. The van der Waals surface area contributed by atoms with Gasteiger partial charge in [-0.25, -0.2) is 0 Å². The third kappa shape index (κ3) is 5.91. The van der Waals surface area contributed by atoms with Crippen molar-refractivity contribution in [1.82, 2.24) is 5.32 Å². The number of halogens is 1. The summed E-state index contributed by atoms with van der Waals surface area (Å²) in [5.74, 6) is 0.462. The largest absolute Gasteiger partial charge is 0.387 e. The maximum absolute atomic E-state index is 10.1. The van der Waals surface area contributed by atoms with Gasteiger partial charge in [-0.05, 0) is 30.5 Å². The van der Waals surface area contributed by atoms with Crippen LogP contribution in [0.5, 0.6) is 0 Å². The van der Waals surface area contributed by atoms with Crippen LogP contribution in [0.3, 0.4) is 0 Å². The minimum Gasteiger partial charge on any atom is -0.387 e. The van der Waals surface area contributed by atoms with Crippen LogP contribution in [-0.4, -0.2) is 30.9 Å². The van der Waals surface area contributed by atoms with Gasteiger partial charge in [-0.2, -0.15) is 0 Å². The Hall–Kier alpha value is -0.610. The Labute approximate surface area is 120 Å². The van der Waals surface area contributed by atoms with Crippen molar-refractivity contribution in [2.75, 3.05) is 19.8 Å². The van der Waals surface area contributed by atoms with Crippen LogP contribution in [0.1, 0.15) is 32.4 Å². The Morgan fingerprint density at radius 3 is 2.42 bits per heavy atom. The molecule has 0 aliphatic heterocycles. The summed E-state index contributed by atoms with van der Waals surface area (Å²) in [5, 5.41) is 14.2. The molecule has 0 radical (unpaired) electrons. The predicted molar refractivity (Wildman–Crippen MR) is 79.5 cm³/mol. The van der Waals surface area contributed by atoms with E-state index in [4.69, 9.17) is 16.3 Å². The van der Waals surface area contributed by atoms with Gasteiger partial charge in [0.05, 0.1) is 12.7 Å². The van der Waals surface area contributed by atoms with Crippen LogP contribution in [0.15, 0.2) is 24.3 Å². The zero-order valence-electron chi connectivity index (χ0n) is 11.9. The summed E-state index contributed by atoms with van der Waals surface area (Å²) in [6.07, 6.45) is -0.528. The number of ether oxygens (including phenoxy) is 1. The number of nitrogens with one attached hydrogen (secondary N) is 1. The fourth-order valence-corrected chi connectivity index (χ4v) is 1.92. The van der Waals surface area contributed by atoms with E-state index >= 15 is 0 Å². The third-order valence-electron chi connectivity index (χ3n) is 3.13. The highest BCUT2D eigenvalue weighted by Crippen LogP contribution is 2.16. The number of hydrogen-bond acceptors (Lipinski definition) is 3. The van der Waals surface area contributed by atoms with E-state index in [9.17, 15) is 5.11 Å². The monoisotopic (exact) mass is 285 g/mol. The Balaban J connectivity index is 2.46. The number of rotatable bonds is 8. The lowest BCUT2D eigenvalue weighted by Gasteiger charge is -2.24. The van der Waals surface area contributed by atoms with Crippen molar-refractivity contribution < 1.29 is 9.84 Å². The molecule has 1 rings (SSSR count). The zero-order chi connectivity index (χ0) is 14.3. The molecule has 0 aliphatic rings. The molecule has 0 aliphatic carbocycles. The lowest BCUT2D eigenvalue weighted by molar-refractivity contribution is 0.0970. The van der Waals surface area contributed by atoms with Crippen LogP contribution >= 0.6 is 11.6 Å². The van der Waals surface area contributed by atoms with Crippen molar-refractivity contribution in [1.29, 1.82) is 0 Å². The summed E-state index contributed by atoms with van der Waals surface area (Å²) in [4.78, 5) is 0. The van der Waals surface area contributed by atoms with Crippen molar-refractivity contribution in [3.8, 4) is 0 Å². The fraction of sp³-hybridized carbons (Fsp3) is 0.600. The maximum atomic E-state index is 10.1. The predicted octanol–water partition coefficient (Wildman–Crippen LogP) is 3.02. The molecular formula is C15H24ClNO2. The molecular weight excluding hydrogens is 262 g/mol. The first kappa shape index (κ1) is 16.4. The molecule has 1 aromatic rings. The average Bonchev–Trinajstić information content (AvgIpc) is 2.39. The summed E-state index contributed by atoms with van der Waals surface area (Å²) < 4.78 is 5.45. The molecule has 3 nitrogen and oxygen atoms in total. The summed E-state index contributed by atoms with van der Waals surface area (Å²) in [6, 6.07) is 7.53. The molecule has 19 heavy (non-hydrogen) atoms. The van der Waals surface area contributed by atoms with Gasteiger partial charge in [-0.1, -0.05) is 37.6 Å². The van der Waals surface area contributed by atoms with Crippen LogP contribution in [-0.2, 0) is 4.74 Å². The Morgan fingerprint density at radius 2 is 1.89 bits per heavy atom. The van der Waals surface area contributed by atoms with Crippen LogP contribution in [0.4, 0.5) is 0 Å². The first-order valence-corrected chi connectivity index (χ1v) is 7.17. The van der Waals surface area contributed by atoms with Gasteiger partial charge in [0.2, 0.25) is 0 Å². The van der Waals surface area contributed by atoms with E-state index in [0.29, 0.717) is 30.7 Å². The van der Waals surface area contributed by atoms with E-state index in [1.165, 1.54) is 0 Å². The molecule has 1 aromatic carbocycles. The number of aliphatic hydroxyl groups excluding tert-OH is 1. The molecule has 0 bridgehead atoms. The van der Waals surface area contributed by atoms with Gasteiger partial charge < -0.3 is 15.2 Å². The second-order valence-electron chi connectivity index (χ2n) is 4.99. The van der Waals surface area contributed by atoms with Gasteiger partial charge in [0.25, 0.3) is 0 Å². The van der Waals surface area contributed by atoms with Crippen molar-refractivity contribution in [2.24, 2.45) is 5.92 Å². The van der Waals surface area contributed by atoms with Crippen LogP contribution in [0.25, 0.3) is 0 Å². The Kier molecular flexibility index (Phi) is 7.39. The smallest absolute Gasteiger partial charge is 0.0914 e. The molecule has 108 valence electrons. The Bertz CT molecular complexity index is 354. The first-order chi connectivity index (χ1) is 9.04. The molecule has 2 N–H and O–H groups in total. The summed E-state index contributed by atoms with van der Waals surface area (Å²) >= 11 is 5.83.